The zero-order valence-electron chi connectivity index (χ0n) is 20.4. The number of hydrogen-bond donors (Lipinski definition) is 2. The molecule has 4 heterocycles. The van der Waals surface area contributed by atoms with Crippen molar-refractivity contribution in [3.8, 4) is 11.4 Å². The number of nitrogens with zero attached hydrogens (tertiary/aromatic N) is 5. The van der Waals surface area contributed by atoms with Crippen molar-refractivity contribution in [2.75, 3.05) is 25.9 Å². The first kappa shape index (κ1) is 23.7. The Balaban J connectivity index is 1.27. The van der Waals surface area contributed by atoms with Crippen LogP contribution in [0.3, 0.4) is 0 Å². The van der Waals surface area contributed by atoms with E-state index in [1.165, 1.54) is 11.3 Å². The molecule has 3 N–H and O–H groups in total. The summed E-state index contributed by atoms with van der Waals surface area (Å²) in [4.78, 5) is 41.3. The Morgan fingerprint density at radius 3 is 2.74 bits per heavy atom. The summed E-state index contributed by atoms with van der Waals surface area (Å²) in [6, 6.07) is 0. The molecule has 0 amide bonds. The van der Waals surface area contributed by atoms with E-state index in [-0.39, 0.29) is 29.4 Å². The number of aromatic nitrogens is 5. The smallest absolute Gasteiger partial charge is 0.220 e. The minimum absolute atomic E-state index is 0.0733. The fraction of sp³-hybridized carbons (Fsp3) is 0.520. The third-order valence-corrected chi connectivity index (χ3v) is 8.00. The van der Waals surface area contributed by atoms with Gasteiger partial charge in [0.2, 0.25) is 5.95 Å². The molecule has 2 aliphatic rings. The summed E-state index contributed by atoms with van der Waals surface area (Å²) in [6.07, 6.45) is 5.70. The predicted octanol–water partition coefficient (Wildman–Crippen LogP) is 3.01. The van der Waals surface area contributed by atoms with E-state index in [1.54, 1.807) is 6.20 Å². The first-order chi connectivity index (χ1) is 16.7. The summed E-state index contributed by atoms with van der Waals surface area (Å²) in [6.45, 7) is 6.30. The molecule has 1 fully saturated rings. The molecule has 0 atom stereocenters. The summed E-state index contributed by atoms with van der Waals surface area (Å²) in [7, 11) is 2.12. The summed E-state index contributed by atoms with van der Waals surface area (Å²) >= 11 is 1.43. The Hall–Kier alpha value is -2.98. The molecule has 184 valence electrons. The van der Waals surface area contributed by atoms with Crippen molar-refractivity contribution in [1.29, 1.82) is 0 Å². The monoisotopic (exact) mass is 493 g/mol. The normalized spacial score (nSPS) is 17.7. The van der Waals surface area contributed by atoms with Crippen molar-refractivity contribution in [1.82, 2.24) is 30.0 Å². The third-order valence-electron chi connectivity index (χ3n) is 7.11. The van der Waals surface area contributed by atoms with E-state index >= 15 is 0 Å². The van der Waals surface area contributed by atoms with Gasteiger partial charge in [-0.25, -0.2) is 15.0 Å². The Bertz CT molecular complexity index is 1270. The first-order valence-corrected chi connectivity index (χ1v) is 12.9. The zero-order chi connectivity index (χ0) is 24.7. The Morgan fingerprint density at radius 2 is 1.97 bits per heavy atom. The highest BCUT2D eigenvalue weighted by Gasteiger charge is 2.38. The van der Waals surface area contributed by atoms with Gasteiger partial charge in [-0.15, -0.1) is 11.3 Å². The van der Waals surface area contributed by atoms with Gasteiger partial charge in [0.1, 0.15) is 22.2 Å². The number of rotatable bonds is 7. The lowest BCUT2D eigenvalue weighted by Crippen LogP contribution is -2.31. The number of likely N-dealkylation sites (tertiary alicyclic amines) is 1. The van der Waals surface area contributed by atoms with Crippen LogP contribution < -0.4 is 5.73 Å². The number of nitrogens with two attached hydrogens (primary N) is 1. The van der Waals surface area contributed by atoms with Gasteiger partial charge in [-0.05, 0) is 56.3 Å². The van der Waals surface area contributed by atoms with E-state index in [0.29, 0.717) is 47.3 Å². The number of hydrogen-bond acceptors (Lipinski definition) is 9. The van der Waals surface area contributed by atoms with Gasteiger partial charge in [0, 0.05) is 30.0 Å². The Labute approximate surface area is 208 Å². The van der Waals surface area contributed by atoms with E-state index in [4.69, 9.17) is 5.73 Å². The number of H-pyrrole nitrogens is 1. The van der Waals surface area contributed by atoms with Crippen LogP contribution in [0.5, 0.6) is 0 Å². The van der Waals surface area contributed by atoms with E-state index in [0.717, 1.165) is 42.8 Å². The number of Topliss-reactive ketones (excluding diaryl/α,β-unsaturated/α-hetero) is 2. The largest absolute Gasteiger partial charge is 0.368 e. The molecule has 1 saturated heterocycles. The number of carbonyl (C=O) groups is 2. The number of thiazole rings is 1. The number of piperidine rings is 1. The number of aromatic amines is 1. The predicted molar refractivity (Wildman–Crippen MR) is 134 cm³/mol. The van der Waals surface area contributed by atoms with Crippen LogP contribution in [0.1, 0.15) is 65.4 Å². The van der Waals surface area contributed by atoms with Crippen LogP contribution in [-0.2, 0) is 29.5 Å². The van der Waals surface area contributed by atoms with E-state index in [2.05, 4.69) is 50.9 Å². The molecule has 5 rings (SSSR count). The second kappa shape index (κ2) is 9.23. The topological polar surface area (TPSA) is 131 Å². The summed E-state index contributed by atoms with van der Waals surface area (Å²) < 4.78 is 0. The lowest BCUT2D eigenvalue weighted by atomic mass is 9.73. The zero-order valence-corrected chi connectivity index (χ0v) is 21.2. The van der Waals surface area contributed by atoms with E-state index < -0.39 is 0 Å². The fourth-order valence-electron chi connectivity index (χ4n) is 5.29. The number of fused-ring (bicyclic) bond motifs is 3. The minimum Gasteiger partial charge on any atom is -0.368 e. The van der Waals surface area contributed by atoms with Crippen molar-refractivity contribution in [2.24, 2.45) is 5.92 Å². The molecule has 0 aromatic carbocycles. The van der Waals surface area contributed by atoms with Crippen LogP contribution in [0.25, 0.3) is 11.4 Å². The number of carbonyl (C=O) groups excluding carboxylic acids is 2. The second-order valence-electron chi connectivity index (χ2n) is 10.5. The molecule has 0 spiro atoms. The van der Waals surface area contributed by atoms with Gasteiger partial charge >= 0.3 is 0 Å². The second-order valence-corrected chi connectivity index (χ2v) is 11.4. The molecular formula is C25H31N7O2S. The van der Waals surface area contributed by atoms with Gasteiger partial charge in [0.05, 0.1) is 17.8 Å². The van der Waals surface area contributed by atoms with E-state index in [1.807, 2.05) is 5.38 Å². The number of nitrogen functional groups attached to an aromatic ring is 1. The van der Waals surface area contributed by atoms with Gasteiger partial charge in [-0.2, -0.15) is 5.10 Å². The molecule has 1 aliphatic carbocycles. The van der Waals surface area contributed by atoms with Gasteiger partial charge in [0.15, 0.2) is 5.78 Å². The third kappa shape index (κ3) is 4.90. The highest BCUT2D eigenvalue weighted by atomic mass is 32.1. The van der Waals surface area contributed by atoms with Crippen molar-refractivity contribution in [3.63, 3.8) is 0 Å². The number of nitrogens with one attached hydrogen (secondary N) is 1. The van der Waals surface area contributed by atoms with Crippen LogP contribution in [0.2, 0.25) is 0 Å². The molecule has 3 aromatic rings. The fourth-order valence-corrected chi connectivity index (χ4v) is 6.09. The summed E-state index contributed by atoms with van der Waals surface area (Å²) in [5.74, 6) is 0.813. The van der Waals surface area contributed by atoms with Gasteiger partial charge < -0.3 is 10.6 Å². The molecule has 0 unspecified atom stereocenters. The van der Waals surface area contributed by atoms with Crippen LogP contribution in [0.15, 0.2) is 11.6 Å². The van der Waals surface area contributed by atoms with Gasteiger partial charge in [-0.3, -0.25) is 14.7 Å². The van der Waals surface area contributed by atoms with E-state index in [9.17, 15) is 9.59 Å². The SMILES string of the molecule is CN1CCC(CC(=O)Cc2csc(CC(=O)c3[nH]nc4c3C(C)(C)Cc3cnc(N)nc3-4)n2)CC1. The van der Waals surface area contributed by atoms with Crippen LogP contribution in [0.4, 0.5) is 5.95 Å². The van der Waals surface area contributed by atoms with Crippen molar-refractivity contribution in [2.45, 2.75) is 57.8 Å². The van der Waals surface area contributed by atoms with Gasteiger partial charge in [-0.1, -0.05) is 13.8 Å². The molecule has 0 saturated carbocycles. The minimum atomic E-state index is -0.311. The number of anilines is 1. The first-order valence-electron chi connectivity index (χ1n) is 12.1. The Morgan fingerprint density at radius 1 is 1.20 bits per heavy atom. The molecular weight excluding hydrogens is 462 g/mol. The average molecular weight is 494 g/mol. The molecule has 1 aliphatic heterocycles. The lowest BCUT2D eigenvalue weighted by molar-refractivity contribution is -0.119. The van der Waals surface area contributed by atoms with Crippen LogP contribution >= 0.6 is 11.3 Å². The average Bonchev–Trinajstić information content (AvgIpc) is 3.44. The lowest BCUT2D eigenvalue weighted by Gasteiger charge is -2.30. The number of ketones is 2. The quantitative estimate of drug-likeness (QED) is 0.480. The molecule has 3 aromatic heterocycles. The van der Waals surface area contributed by atoms with Crippen LogP contribution in [-0.4, -0.2) is 61.8 Å². The molecule has 0 radical (unpaired) electrons. The summed E-state index contributed by atoms with van der Waals surface area (Å²) in [5.41, 5.74) is 9.91. The van der Waals surface area contributed by atoms with Crippen molar-refractivity contribution in [3.05, 3.63) is 39.1 Å². The molecule has 0 bridgehead atoms. The maximum absolute atomic E-state index is 13.3. The molecule has 9 nitrogen and oxygen atoms in total. The van der Waals surface area contributed by atoms with Gasteiger partial charge in [0.25, 0.3) is 0 Å². The molecule has 10 heteroatoms. The molecule has 35 heavy (non-hydrogen) atoms. The maximum atomic E-state index is 13.3. The summed E-state index contributed by atoms with van der Waals surface area (Å²) in [5, 5.41) is 10.0. The van der Waals surface area contributed by atoms with Crippen molar-refractivity contribution < 1.29 is 9.59 Å². The Kier molecular flexibility index (Phi) is 6.27. The van der Waals surface area contributed by atoms with Crippen molar-refractivity contribution >= 4 is 28.9 Å². The standard InChI is InChI=1S/C25H31N7O2S/c1-25(2)11-15-12-27-24(26)29-21(15)23-20(25)22(30-31-23)18(34)10-19-28-16(13-35-19)9-17(33)8-14-4-6-32(3)7-5-14/h12-14H,4-11H2,1-3H3,(H,30,31)(H2,26,27,29). The highest BCUT2D eigenvalue weighted by molar-refractivity contribution is 7.09. The van der Waals surface area contributed by atoms with Crippen LogP contribution in [0, 0.1) is 5.92 Å². The maximum Gasteiger partial charge on any atom is 0.220 e. The highest BCUT2D eigenvalue weighted by Crippen LogP contribution is 2.43.